The van der Waals surface area contributed by atoms with Crippen molar-refractivity contribution in [3.05, 3.63) is 69.8 Å². The molecule has 0 saturated carbocycles. The number of ether oxygens (including phenoxy) is 1. The van der Waals surface area contributed by atoms with Gasteiger partial charge in [0.15, 0.2) is 5.82 Å². The average molecular weight is 432 g/mol. The van der Waals surface area contributed by atoms with Crippen molar-refractivity contribution in [3.8, 4) is 5.75 Å². The summed E-state index contributed by atoms with van der Waals surface area (Å²) in [6, 6.07) is 9.83. The summed E-state index contributed by atoms with van der Waals surface area (Å²) in [5, 5.41) is 21.8. The van der Waals surface area contributed by atoms with E-state index in [4.69, 9.17) is 10.6 Å². The second-order valence-electron chi connectivity index (χ2n) is 6.05. The summed E-state index contributed by atoms with van der Waals surface area (Å²) in [7, 11) is 1.39. The fraction of sp³-hybridized carbons (Fsp3) is 0.167. The number of benzene rings is 2. The number of non-ortho nitro benzene ring substituents is 1. The number of nitrogens with one attached hydrogen (secondary N) is 1. The molecule has 0 aliphatic heterocycles. The minimum Gasteiger partial charge on any atom is -0.495 e. The first kappa shape index (κ1) is 21.0. The molecule has 3 N–H and O–H groups in total. The van der Waals surface area contributed by atoms with E-state index >= 15 is 0 Å². The SMILES string of the molecule is COc1ccc([N+](=O)[O-])cc1NC(=O)CSc1nnc(Cc2ccc(F)cc2)n1N. The molecule has 156 valence electrons. The van der Waals surface area contributed by atoms with E-state index in [9.17, 15) is 19.3 Å². The quantitative estimate of drug-likeness (QED) is 0.239. The lowest BCUT2D eigenvalue weighted by Crippen LogP contribution is -2.17. The van der Waals surface area contributed by atoms with Crippen LogP contribution < -0.4 is 15.9 Å². The summed E-state index contributed by atoms with van der Waals surface area (Å²) >= 11 is 1.05. The highest BCUT2D eigenvalue weighted by atomic mass is 32.2. The Bertz CT molecular complexity index is 1070. The topological polar surface area (TPSA) is 138 Å². The Morgan fingerprint density at radius 3 is 2.70 bits per heavy atom. The molecule has 10 nitrogen and oxygen atoms in total. The number of hydrogen-bond acceptors (Lipinski definition) is 8. The molecule has 1 amide bonds. The number of methoxy groups -OCH3 is 1. The predicted octanol–water partition coefficient (Wildman–Crippen LogP) is 2.37. The first-order chi connectivity index (χ1) is 14.4. The van der Waals surface area contributed by atoms with Crippen molar-refractivity contribution in [1.29, 1.82) is 0 Å². The van der Waals surface area contributed by atoms with Gasteiger partial charge in [-0.3, -0.25) is 14.9 Å². The number of nitro benzene ring substituents is 1. The maximum atomic E-state index is 13.0. The van der Waals surface area contributed by atoms with E-state index in [0.29, 0.717) is 23.2 Å². The maximum absolute atomic E-state index is 13.0. The number of amides is 1. The van der Waals surface area contributed by atoms with Crippen molar-refractivity contribution in [1.82, 2.24) is 14.9 Å². The molecule has 1 heterocycles. The van der Waals surface area contributed by atoms with Crippen LogP contribution in [0.2, 0.25) is 0 Å². The van der Waals surface area contributed by atoms with Gasteiger partial charge in [0.05, 0.1) is 23.5 Å². The van der Waals surface area contributed by atoms with Crippen LogP contribution in [0, 0.1) is 15.9 Å². The van der Waals surface area contributed by atoms with Gasteiger partial charge in [-0.1, -0.05) is 23.9 Å². The van der Waals surface area contributed by atoms with Gasteiger partial charge < -0.3 is 15.9 Å². The molecule has 0 spiro atoms. The van der Waals surface area contributed by atoms with E-state index in [2.05, 4.69) is 15.5 Å². The van der Waals surface area contributed by atoms with Crippen LogP contribution in [0.25, 0.3) is 0 Å². The van der Waals surface area contributed by atoms with E-state index in [1.807, 2.05) is 0 Å². The number of carbonyl (C=O) groups is 1. The Morgan fingerprint density at radius 1 is 1.30 bits per heavy atom. The van der Waals surface area contributed by atoms with E-state index in [1.54, 1.807) is 12.1 Å². The Balaban J connectivity index is 1.63. The molecule has 0 aliphatic rings. The Kier molecular flexibility index (Phi) is 6.47. The van der Waals surface area contributed by atoms with E-state index in [-0.39, 0.29) is 22.9 Å². The number of hydrogen-bond donors (Lipinski definition) is 2. The molecule has 0 radical (unpaired) electrons. The number of nitro groups is 1. The predicted molar refractivity (Wildman–Crippen MR) is 108 cm³/mol. The molecular weight excluding hydrogens is 415 g/mol. The Labute approximate surface area is 174 Å². The number of thioether (sulfide) groups is 1. The third kappa shape index (κ3) is 5.03. The molecule has 0 fully saturated rings. The summed E-state index contributed by atoms with van der Waals surface area (Å²) in [5.41, 5.74) is 0.817. The van der Waals surface area contributed by atoms with Gasteiger partial charge in [0.25, 0.3) is 5.69 Å². The van der Waals surface area contributed by atoms with E-state index in [1.165, 1.54) is 42.1 Å². The second kappa shape index (κ2) is 9.22. The van der Waals surface area contributed by atoms with Gasteiger partial charge in [-0.2, -0.15) is 0 Å². The fourth-order valence-electron chi connectivity index (χ4n) is 2.53. The van der Waals surface area contributed by atoms with Crippen LogP contribution in [0.15, 0.2) is 47.6 Å². The number of carbonyl (C=O) groups excluding carboxylic acids is 1. The molecule has 3 rings (SSSR count). The molecule has 2 aromatic carbocycles. The number of aromatic nitrogens is 3. The van der Waals surface area contributed by atoms with Crippen LogP contribution >= 0.6 is 11.8 Å². The molecule has 1 aromatic heterocycles. The first-order valence-electron chi connectivity index (χ1n) is 8.56. The van der Waals surface area contributed by atoms with Crippen LogP contribution in [-0.2, 0) is 11.2 Å². The summed E-state index contributed by atoms with van der Waals surface area (Å²) < 4.78 is 19.4. The minimum atomic E-state index is -0.566. The zero-order chi connectivity index (χ0) is 21.7. The number of halogens is 1. The highest BCUT2D eigenvalue weighted by Crippen LogP contribution is 2.29. The first-order valence-corrected chi connectivity index (χ1v) is 9.55. The number of anilines is 1. The molecule has 0 aliphatic carbocycles. The molecular formula is C18H17FN6O4S. The summed E-state index contributed by atoms with van der Waals surface area (Å²) in [6.07, 6.45) is 0.349. The minimum absolute atomic E-state index is 0.0578. The molecule has 12 heteroatoms. The lowest BCUT2D eigenvalue weighted by Gasteiger charge is -2.09. The maximum Gasteiger partial charge on any atom is 0.271 e. The van der Waals surface area contributed by atoms with Crippen molar-refractivity contribution in [3.63, 3.8) is 0 Å². The number of nitrogens with two attached hydrogens (primary N) is 1. The van der Waals surface area contributed by atoms with Gasteiger partial charge in [-0.25, -0.2) is 9.07 Å². The van der Waals surface area contributed by atoms with Crippen molar-refractivity contribution < 1.29 is 18.8 Å². The van der Waals surface area contributed by atoms with Gasteiger partial charge in [0.1, 0.15) is 11.6 Å². The molecule has 30 heavy (non-hydrogen) atoms. The standard InChI is InChI=1S/C18H17FN6O4S/c1-29-15-7-6-13(25(27)28)9-14(15)21-17(26)10-30-18-23-22-16(24(18)20)8-11-2-4-12(19)5-3-11/h2-7,9H,8,10,20H2,1H3,(H,21,26). The number of rotatable bonds is 8. The average Bonchev–Trinajstić information content (AvgIpc) is 3.07. The van der Waals surface area contributed by atoms with Crippen LogP contribution in [0.3, 0.4) is 0 Å². The zero-order valence-electron chi connectivity index (χ0n) is 15.7. The second-order valence-corrected chi connectivity index (χ2v) is 6.99. The monoisotopic (exact) mass is 432 g/mol. The summed E-state index contributed by atoms with van der Waals surface area (Å²) in [6.45, 7) is 0. The summed E-state index contributed by atoms with van der Waals surface area (Å²) in [5.74, 6) is 5.91. The van der Waals surface area contributed by atoms with Crippen molar-refractivity contribution >= 4 is 29.0 Å². The largest absolute Gasteiger partial charge is 0.495 e. The normalized spacial score (nSPS) is 10.6. The summed E-state index contributed by atoms with van der Waals surface area (Å²) in [4.78, 5) is 22.7. The van der Waals surface area contributed by atoms with E-state index < -0.39 is 10.8 Å². The van der Waals surface area contributed by atoms with Crippen LogP contribution in [0.1, 0.15) is 11.4 Å². The smallest absolute Gasteiger partial charge is 0.271 e. The fourth-order valence-corrected chi connectivity index (χ4v) is 3.21. The number of nitrogens with zero attached hydrogens (tertiary/aromatic N) is 4. The highest BCUT2D eigenvalue weighted by Gasteiger charge is 2.16. The van der Waals surface area contributed by atoms with Gasteiger partial charge in [0, 0.05) is 18.6 Å². The van der Waals surface area contributed by atoms with Gasteiger partial charge >= 0.3 is 0 Å². The van der Waals surface area contributed by atoms with Crippen LogP contribution in [0.5, 0.6) is 5.75 Å². The Hall–Kier alpha value is -3.67. The highest BCUT2D eigenvalue weighted by molar-refractivity contribution is 7.99. The van der Waals surface area contributed by atoms with Crippen LogP contribution in [-0.4, -0.2) is 38.6 Å². The lowest BCUT2D eigenvalue weighted by molar-refractivity contribution is -0.384. The van der Waals surface area contributed by atoms with E-state index in [0.717, 1.165) is 17.3 Å². The molecule has 0 atom stereocenters. The third-order valence-electron chi connectivity index (χ3n) is 4.01. The number of nitrogen functional groups attached to an aromatic ring is 1. The van der Waals surface area contributed by atoms with Crippen LogP contribution in [0.4, 0.5) is 15.8 Å². The molecule has 0 unspecified atom stereocenters. The van der Waals surface area contributed by atoms with Gasteiger partial charge in [-0.05, 0) is 23.8 Å². The zero-order valence-corrected chi connectivity index (χ0v) is 16.6. The Morgan fingerprint density at radius 2 is 2.03 bits per heavy atom. The van der Waals surface area contributed by atoms with Gasteiger partial charge in [-0.15, -0.1) is 10.2 Å². The third-order valence-corrected chi connectivity index (χ3v) is 4.95. The van der Waals surface area contributed by atoms with Gasteiger partial charge in [0.2, 0.25) is 11.1 Å². The lowest BCUT2D eigenvalue weighted by atomic mass is 10.1. The van der Waals surface area contributed by atoms with Crippen molar-refractivity contribution in [2.24, 2.45) is 0 Å². The van der Waals surface area contributed by atoms with Crippen molar-refractivity contribution in [2.45, 2.75) is 11.6 Å². The van der Waals surface area contributed by atoms with Crippen molar-refractivity contribution in [2.75, 3.05) is 24.0 Å². The molecule has 3 aromatic rings. The molecule has 0 bridgehead atoms. The molecule has 0 saturated heterocycles.